The number of fused-ring (bicyclic) bond motifs is 1. The number of Topliss-reactive ketones (excluding diaryl/α,β-unsaturated/α-hetero) is 1. The maximum Gasteiger partial charge on any atom is 0.276 e. The van der Waals surface area contributed by atoms with Crippen LogP contribution in [0.2, 0.25) is 10.0 Å². The number of benzene rings is 1. The standard InChI is InChI=1S/C21H19Cl2N5O2.H2S/c1-11-5-15(20(24)25-8-11)18(29)6-13-9-26-28-12(2)10-27(21(30)19(13)28)14-3-4-16(22)17(23)7-14;/h3-5,7-9,12H,6,10H2,1-2H3,(H2,24,25);1H2/t12-;/m0./s1. The highest BCUT2D eigenvalue weighted by Gasteiger charge is 2.34. The molecule has 1 atom stereocenters. The Labute approximate surface area is 196 Å². The Balaban J connectivity index is 0.00000272. The molecule has 0 radical (unpaired) electrons. The molecule has 10 heteroatoms. The minimum Gasteiger partial charge on any atom is -0.383 e. The van der Waals surface area contributed by atoms with Crippen molar-refractivity contribution in [1.82, 2.24) is 14.8 Å². The van der Waals surface area contributed by atoms with E-state index in [-0.39, 0.29) is 43.5 Å². The summed E-state index contributed by atoms with van der Waals surface area (Å²) < 4.78 is 1.66. The van der Waals surface area contributed by atoms with Crippen molar-refractivity contribution in [2.75, 3.05) is 17.2 Å². The minimum atomic E-state index is -0.248. The van der Waals surface area contributed by atoms with Gasteiger partial charge in [0.2, 0.25) is 0 Å². The molecule has 3 aromatic rings. The lowest BCUT2D eigenvalue weighted by Crippen LogP contribution is -2.43. The van der Waals surface area contributed by atoms with Gasteiger partial charge in [-0.05, 0) is 43.7 Å². The number of carbonyl (C=O) groups is 2. The van der Waals surface area contributed by atoms with Crippen LogP contribution >= 0.6 is 36.7 Å². The smallest absolute Gasteiger partial charge is 0.276 e. The molecule has 31 heavy (non-hydrogen) atoms. The second kappa shape index (κ2) is 8.90. The number of nitrogens with two attached hydrogens (primary N) is 1. The Kier molecular flexibility index (Phi) is 6.64. The van der Waals surface area contributed by atoms with E-state index in [0.717, 1.165) is 5.56 Å². The third kappa shape index (κ3) is 4.28. The number of hydrogen-bond acceptors (Lipinski definition) is 5. The van der Waals surface area contributed by atoms with E-state index in [1.165, 1.54) is 0 Å². The third-order valence-corrected chi connectivity index (χ3v) is 5.84. The summed E-state index contributed by atoms with van der Waals surface area (Å²) >= 11 is 12.2. The molecule has 3 heterocycles. The summed E-state index contributed by atoms with van der Waals surface area (Å²) in [6.07, 6.45) is 3.17. The number of nitrogen functional groups attached to an aromatic ring is 1. The fraction of sp³-hybridized carbons (Fsp3) is 0.238. The zero-order chi connectivity index (χ0) is 21.6. The van der Waals surface area contributed by atoms with Crippen LogP contribution in [0.15, 0.2) is 36.7 Å². The number of aromatic nitrogens is 3. The van der Waals surface area contributed by atoms with Crippen LogP contribution in [0, 0.1) is 6.92 Å². The van der Waals surface area contributed by atoms with Crippen LogP contribution in [0.1, 0.15) is 44.9 Å². The Morgan fingerprint density at radius 3 is 2.68 bits per heavy atom. The van der Waals surface area contributed by atoms with Crippen molar-refractivity contribution in [2.45, 2.75) is 26.3 Å². The van der Waals surface area contributed by atoms with Crippen LogP contribution in [-0.2, 0) is 6.42 Å². The van der Waals surface area contributed by atoms with Gasteiger partial charge in [-0.2, -0.15) is 18.6 Å². The molecule has 162 valence electrons. The summed E-state index contributed by atoms with van der Waals surface area (Å²) in [5.74, 6) is -0.294. The molecule has 1 amide bonds. The molecule has 0 saturated heterocycles. The van der Waals surface area contributed by atoms with E-state index in [9.17, 15) is 9.59 Å². The number of nitrogens with zero attached hydrogens (tertiary/aromatic N) is 4. The molecule has 1 aliphatic rings. The number of amides is 1. The van der Waals surface area contributed by atoms with Crippen molar-refractivity contribution in [3.63, 3.8) is 0 Å². The summed E-state index contributed by atoms with van der Waals surface area (Å²) in [5.41, 5.74) is 8.62. The van der Waals surface area contributed by atoms with Gasteiger partial charge in [0.15, 0.2) is 5.78 Å². The number of halogens is 2. The first-order chi connectivity index (χ1) is 14.3. The van der Waals surface area contributed by atoms with Gasteiger partial charge in [0.1, 0.15) is 11.5 Å². The van der Waals surface area contributed by atoms with Gasteiger partial charge in [-0.15, -0.1) is 0 Å². The summed E-state index contributed by atoms with van der Waals surface area (Å²) in [5, 5.41) is 5.14. The average molecular weight is 478 g/mol. The summed E-state index contributed by atoms with van der Waals surface area (Å²) in [4.78, 5) is 31.9. The number of hydrogen-bond donors (Lipinski definition) is 1. The highest BCUT2D eigenvalue weighted by molar-refractivity contribution is 7.59. The van der Waals surface area contributed by atoms with Gasteiger partial charge in [0, 0.05) is 30.4 Å². The minimum absolute atomic E-state index is 0. The highest BCUT2D eigenvalue weighted by atomic mass is 35.5. The summed E-state index contributed by atoms with van der Waals surface area (Å²) in [6.45, 7) is 4.22. The first-order valence-electron chi connectivity index (χ1n) is 9.35. The van der Waals surface area contributed by atoms with Crippen molar-refractivity contribution < 1.29 is 9.59 Å². The largest absolute Gasteiger partial charge is 0.383 e. The molecule has 0 aliphatic carbocycles. The van der Waals surface area contributed by atoms with Crippen molar-refractivity contribution in [3.8, 4) is 0 Å². The zero-order valence-electron chi connectivity index (χ0n) is 16.9. The quantitative estimate of drug-likeness (QED) is 0.567. The number of pyridine rings is 1. The highest BCUT2D eigenvalue weighted by Crippen LogP contribution is 2.32. The first kappa shape index (κ1) is 23.1. The molecule has 0 unspecified atom stereocenters. The molecule has 0 spiro atoms. The maximum atomic E-state index is 13.3. The molecule has 4 rings (SSSR count). The Morgan fingerprint density at radius 1 is 1.23 bits per heavy atom. The normalized spacial score (nSPS) is 15.4. The molecule has 1 aromatic carbocycles. The van der Waals surface area contributed by atoms with Crippen LogP contribution in [0.3, 0.4) is 0 Å². The molecule has 0 fully saturated rings. The Hall–Kier alpha value is -2.55. The molecule has 2 aromatic heterocycles. The van der Waals surface area contributed by atoms with Gasteiger partial charge in [0.25, 0.3) is 5.91 Å². The van der Waals surface area contributed by atoms with Crippen molar-refractivity contribution in [1.29, 1.82) is 0 Å². The molecule has 1 aliphatic heterocycles. The van der Waals surface area contributed by atoms with Crippen molar-refractivity contribution >= 4 is 59.9 Å². The SMILES string of the molecule is Cc1cnc(N)c(C(=O)Cc2cnn3c2C(=O)N(c2ccc(Cl)c(Cl)c2)C[C@@H]3C)c1.S. The molecule has 0 saturated carbocycles. The number of aryl methyl sites for hydroxylation is 1. The molecule has 2 N–H and O–H groups in total. The maximum absolute atomic E-state index is 13.3. The molecular formula is C21H21Cl2N5O2S. The number of anilines is 2. The van der Waals surface area contributed by atoms with E-state index in [2.05, 4.69) is 10.1 Å². The lowest BCUT2D eigenvalue weighted by atomic mass is 10.0. The van der Waals surface area contributed by atoms with Crippen LogP contribution in [-0.4, -0.2) is 33.0 Å². The van der Waals surface area contributed by atoms with E-state index < -0.39 is 0 Å². The summed E-state index contributed by atoms with van der Waals surface area (Å²) in [6, 6.07) is 6.68. The zero-order valence-corrected chi connectivity index (χ0v) is 19.4. The predicted octanol–water partition coefficient (Wildman–Crippen LogP) is 4.24. The second-order valence-electron chi connectivity index (χ2n) is 7.37. The van der Waals surface area contributed by atoms with Gasteiger partial charge in [-0.25, -0.2) is 4.98 Å². The topological polar surface area (TPSA) is 94.1 Å². The van der Waals surface area contributed by atoms with Gasteiger partial charge in [-0.3, -0.25) is 14.3 Å². The monoisotopic (exact) mass is 477 g/mol. The number of carbonyl (C=O) groups excluding carboxylic acids is 2. The number of rotatable bonds is 4. The van der Waals surface area contributed by atoms with E-state index >= 15 is 0 Å². The third-order valence-electron chi connectivity index (χ3n) is 5.10. The fourth-order valence-corrected chi connectivity index (χ4v) is 3.89. The Morgan fingerprint density at radius 2 is 1.97 bits per heavy atom. The lowest BCUT2D eigenvalue weighted by Gasteiger charge is -2.32. The molecule has 0 bridgehead atoms. The van der Waals surface area contributed by atoms with Gasteiger partial charge in [0.05, 0.1) is 27.8 Å². The van der Waals surface area contributed by atoms with E-state index in [4.69, 9.17) is 28.9 Å². The van der Waals surface area contributed by atoms with Crippen molar-refractivity contribution in [3.05, 3.63) is 69.1 Å². The average Bonchev–Trinajstić information content (AvgIpc) is 3.13. The van der Waals surface area contributed by atoms with E-state index in [1.54, 1.807) is 46.2 Å². The number of ketones is 1. The Bertz CT molecular complexity index is 1180. The van der Waals surface area contributed by atoms with Crippen LogP contribution in [0.4, 0.5) is 11.5 Å². The van der Waals surface area contributed by atoms with E-state index in [1.807, 2.05) is 13.8 Å². The van der Waals surface area contributed by atoms with Crippen LogP contribution < -0.4 is 10.6 Å². The van der Waals surface area contributed by atoms with Gasteiger partial charge >= 0.3 is 0 Å². The van der Waals surface area contributed by atoms with Crippen molar-refractivity contribution in [2.24, 2.45) is 0 Å². The summed E-state index contributed by atoms with van der Waals surface area (Å²) in [7, 11) is 0. The van der Waals surface area contributed by atoms with Crippen LogP contribution in [0.25, 0.3) is 0 Å². The second-order valence-corrected chi connectivity index (χ2v) is 8.19. The lowest BCUT2D eigenvalue weighted by molar-refractivity contribution is 0.0951. The molecule has 7 nitrogen and oxygen atoms in total. The predicted molar refractivity (Wildman–Crippen MR) is 127 cm³/mol. The molecular weight excluding hydrogens is 457 g/mol. The van der Waals surface area contributed by atoms with Gasteiger partial charge in [-0.1, -0.05) is 23.2 Å². The van der Waals surface area contributed by atoms with E-state index in [0.29, 0.717) is 39.1 Å². The van der Waals surface area contributed by atoms with Gasteiger partial charge < -0.3 is 10.6 Å². The van der Waals surface area contributed by atoms with Crippen LogP contribution in [0.5, 0.6) is 0 Å². The fourth-order valence-electron chi connectivity index (χ4n) is 3.60. The first-order valence-corrected chi connectivity index (χ1v) is 10.1.